The third-order valence-electron chi connectivity index (χ3n) is 3.39. The molecule has 2 aromatic rings. The fourth-order valence-corrected chi connectivity index (χ4v) is 2.74. The number of benzene rings is 2. The van der Waals surface area contributed by atoms with E-state index in [1.807, 2.05) is 24.3 Å². The smallest absolute Gasteiger partial charge is 0.251 e. The SMILES string of the molecule is CC(C)COc1ccc(CNC(=O)c2cccc(NS(C)(=O)=O)c2)cc1. The molecule has 2 N–H and O–H groups in total. The molecule has 0 spiro atoms. The van der Waals surface area contributed by atoms with Gasteiger partial charge in [0.15, 0.2) is 0 Å². The first-order valence-electron chi connectivity index (χ1n) is 8.31. The van der Waals surface area contributed by atoms with E-state index < -0.39 is 10.0 Å². The minimum absolute atomic E-state index is 0.276. The van der Waals surface area contributed by atoms with Crippen LogP contribution < -0.4 is 14.8 Å². The maximum absolute atomic E-state index is 12.3. The van der Waals surface area contributed by atoms with Gasteiger partial charge in [-0.1, -0.05) is 32.0 Å². The summed E-state index contributed by atoms with van der Waals surface area (Å²) in [6, 6.07) is 13.9. The van der Waals surface area contributed by atoms with Crippen LogP contribution in [0.3, 0.4) is 0 Å². The molecular weight excluding hydrogens is 352 g/mol. The molecule has 0 heterocycles. The number of nitrogens with one attached hydrogen (secondary N) is 2. The van der Waals surface area contributed by atoms with Crippen LogP contribution in [0.15, 0.2) is 48.5 Å². The third-order valence-corrected chi connectivity index (χ3v) is 3.99. The highest BCUT2D eigenvalue weighted by Crippen LogP contribution is 2.14. The molecule has 2 rings (SSSR count). The number of rotatable bonds is 8. The van der Waals surface area contributed by atoms with E-state index in [0.717, 1.165) is 17.6 Å². The van der Waals surface area contributed by atoms with Crippen LogP contribution in [0.5, 0.6) is 5.75 Å². The molecule has 0 saturated heterocycles. The maximum Gasteiger partial charge on any atom is 0.251 e. The molecule has 0 fully saturated rings. The molecule has 140 valence electrons. The summed E-state index contributed by atoms with van der Waals surface area (Å²) in [4.78, 5) is 12.3. The van der Waals surface area contributed by atoms with Crippen molar-refractivity contribution >= 4 is 21.6 Å². The molecule has 0 aliphatic carbocycles. The standard InChI is InChI=1S/C19H24N2O4S/c1-14(2)13-25-18-9-7-15(8-10-18)12-20-19(22)16-5-4-6-17(11-16)21-26(3,23)24/h4-11,14,21H,12-13H2,1-3H3,(H,20,22). The average Bonchev–Trinajstić information content (AvgIpc) is 2.57. The number of amides is 1. The van der Waals surface area contributed by atoms with Crippen molar-refractivity contribution in [3.63, 3.8) is 0 Å². The van der Waals surface area contributed by atoms with Gasteiger partial charge in [0.2, 0.25) is 10.0 Å². The minimum Gasteiger partial charge on any atom is -0.493 e. The quantitative estimate of drug-likeness (QED) is 0.742. The lowest BCUT2D eigenvalue weighted by atomic mass is 10.1. The Morgan fingerprint density at radius 2 is 1.81 bits per heavy atom. The van der Waals surface area contributed by atoms with Gasteiger partial charge in [0.05, 0.1) is 12.9 Å². The van der Waals surface area contributed by atoms with Gasteiger partial charge < -0.3 is 10.1 Å². The van der Waals surface area contributed by atoms with Crippen LogP contribution in [-0.2, 0) is 16.6 Å². The fraction of sp³-hybridized carbons (Fsp3) is 0.316. The highest BCUT2D eigenvalue weighted by molar-refractivity contribution is 7.92. The topological polar surface area (TPSA) is 84.5 Å². The molecule has 0 bridgehead atoms. The summed E-state index contributed by atoms with van der Waals surface area (Å²) in [5.41, 5.74) is 1.68. The second kappa shape index (κ2) is 8.71. The number of carbonyl (C=O) groups is 1. The lowest BCUT2D eigenvalue weighted by molar-refractivity contribution is 0.0951. The molecule has 0 aliphatic rings. The number of sulfonamides is 1. The van der Waals surface area contributed by atoms with Crippen LogP contribution in [0.4, 0.5) is 5.69 Å². The Kier molecular flexibility index (Phi) is 6.63. The number of ether oxygens (including phenoxy) is 1. The Hall–Kier alpha value is -2.54. The van der Waals surface area contributed by atoms with E-state index in [2.05, 4.69) is 23.9 Å². The van der Waals surface area contributed by atoms with E-state index in [4.69, 9.17) is 4.74 Å². The van der Waals surface area contributed by atoms with E-state index in [0.29, 0.717) is 30.3 Å². The zero-order chi connectivity index (χ0) is 19.2. The lowest BCUT2D eigenvalue weighted by Crippen LogP contribution is -2.23. The molecule has 0 unspecified atom stereocenters. The highest BCUT2D eigenvalue weighted by atomic mass is 32.2. The Morgan fingerprint density at radius 1 is 1.12 bits per heavy atom. The average molecular weight is 376 g/mol. The summed E-state index contributed by atoms with van der Waals surface area (Å²) in [5.74, 6) is 0.984. The van der Waals surface area contributed by atoms with Crippen LogP contribution in [-0.4, -0.2) is 27.2 Å². The van der Waals surface area contributed by atoms with Crippen molar-refractivity contribution in [2.75, 3.05) is 17.6 Å². The van der Waals surface area contributed by atoms with Crippen molar-refractivity contribution in [2.45, 2.75) is 20.4 Å². The Bertz CT molecular complexity index is 846. The molecule has 2 aromatic carbocycles. The predicted molar refractivity (Wildman–Crippen MR) is 103 cm³/mol. The second-order valence-electron chi connectivity index (χ2n) is 6.49. The lowest BCUT2D eigenvalue weighted by Gasteiger charge is -2.10. The van der Waals surface area contributed by atoms with Gasteiger partial charge in [-0.25, -0.2) is 8.42 Å². The van der Waals surface area contributed by atoms with Crippen LogP contribution >= 0.6 is 0 Å². The summed E-state index contributed by atoms with van der Waals surface area (Å²) in [6.07, 6.45) is 1.06. The van der Waals surface area contributed by atoms with Crippen LogP contribution in [0.2, 0.25) is 0 Å². The summed E-state index contributed by atoms with van der Waals surface area (Å²) < 4.78 is 30.5. The summed E-state index contributed by atoms with van der Waals surface area (Å²) in [5, 5.41) is 2.82. The molecule has 0 radical (unpaired) electrons. The molecule has 1 amide bonds. The molecule has 6 nitrogen and oxygen atoms in total. The summed E-state index contributed by atoms with van der Waals surface area (Å²) >= 11 is 0. The van der Waals surface area contributed by atoms with Gasteiger partial charge in [0.1, 0.15) is 5.75 Å². The van der Waals surface area contributed by atoms with Gasteiger partial charge in [0, 0.05) is 17.8 Å². The zero-order valence-corrected chi connectivity index (χ0v) is 16.0. The van der Waals surface area contributed by atoms with E-state index >= 15 is 0 Å². The van der Waals surface area contributed by atoms with Crippen molar-refractivity contribution in [1.82, 2.24) is 5.32 Å². The normalized spacial score (nSPS) is 11.2. The van der Waals surface area contributed by atoms with Gasteiger partial charge in [0.25, 0.3) is 5.91 Å². The van der Waals surface area contributed by atoms with E-state index in [1.54, 1.807) is 18.2 Å². The molecule has 0 aliphatic heterocycles. The monoisotopic (exact) mass is 376 g/mol. The molecule has 0 aromatic heterocycles. The van der Waals surface area contributed by atoms with Gasteiger partial charge >= 0.3 is 0 Å². The van der Waals surface area contributed by atoms with E-state index in [9.17, 15) is 13.2 Å². The summed E-state index contributed by atoms with van der Waals surface area (Å²) in [6.45, 7) is 5.20. The Balaban J connectivity index is 1.93. The zero-order valence-electron chi connectivity index (χ0n) is 15.2. The first-order chi connectivity index (χ1) is 12.2. The molecule has 0 saturated carbocycles. The molecule has 0 atom stereocenters. The third kappa shape index (κ3) is 6.76. The predicted octanol–water partition coefficient (Wildman–Crippen LogP) is 3.02. The summed E-state index contributed by atoms with van der Waals surface area (Å²) in [7, 11) is -3.38. The van der Waals surface area contributed by atoms with Gasteiger partial charge in [-0.15, -0.1) is 0 Å². The van der Waals surface area contributed by atoms with Crippen molar-refractivity contribution in [1.29, 1.82) is 0 Å². The number of carbonyl (C=O) groups excluding carboxylic acids is 1. The maximum atomic E-state index is 12.3. The van der Waals surface area contributed by atoms with Crippen molar-refractivity contribution in [3.8, 4) is 5.75 Å². The first-order valence-corrected chi connectivity index (χ1v) is 10.2. The van der Waals surface area contributed by atoms with Crippen molar-refractivity contribution in [3.05, 3.63) is 59.7 Å². The van der Waals surface area contributed by atoms with Crippen LogP contribution in [0.25, 0.3) is 0 Å². The second-order valence-corrected chi connectivity index (χ2v) is 8.23. The van der Waals surface area contributed by atoms with Gasteiger partial charge in [-0.3, -0.25) is 9.52 Å². The Labute approximate surface area is 154 Å². The van der Waals surface area contributed by atoms with E-state index in [1.165, 1.54) is 6.07 Å². The van der Waals surface area contributed by atoms with Crippen molar-refractivity contribution in [2.24, 2.45) is 5.92 Å². The molecular formula is C19H24N2O4S. The van der Waals surface area contributed by atoms with E-state index in [-0.39, 0.29) is 5.91 Å². The van der Waals surface area contributed by atoms with Gasteiger partial charge in [-0.05, 0) is 41.8 Å². The fourth-order valence-electron chi connectivity index (χ4n) is 2.19. The molecule has 26 heavy (non-hydrogen) atoms. The largest absolute Gasteiger partial charge is 0.493 e. The van der Waals surface area contributed by atoms with Crippen LogP contribution in [0.1, 0.15) is 29.8 Å². The van der Waals surface area contributed by atoms with Crippen molar-refractivity contribution < 1.29 is 17.9 Å². The number of hydrogen-bond acceptors (Lipinski definition) is 4. The number of hydrogen-bond donors (Lipinski definition) is 2. The van der Waals surface area contributed by atoms with Gasteiger partial charge in [-0.2, -0.15) is 0 Å². The Morgan fingerprint density at radius 3 is 2.42 bits per heavy atom. The highest BCUT2D eigenvalue weighted by Gasteiger charge is 2.08. The number of anilines is 1. The van der Waals surface area contributed by atoms with Crippen LogP contribution in [0, 0.1) is 5.92 Å². The first kappa shape index (κ1) is 19.8. The molecule has 7 heteroatoms. The minimum atomic E-state index is -3.38.